The maximum Gasteiger partial charge on any atom is 0.339 e. The van der Waals surface area contributed by atoms with Crippen LogP contribution in [0.3, 0.4) is 0 Å². The van der Waals surface area contributed by atoms with E-state index in [0.29, 0.717) is 43.6 Å². The van der Waals surface area contributed by atoms with Crippen LogP contribution in [0, 0.1) is 6.92 Å². The highest BCUT2D eigenvalue weighted by Crippen LogP contribution is 2.32. The first-order valence-corrected chi connectivity index (χ1v) is 11.8. The molecule has 0 spiro atoms. The number of fused-ring (bicyclic) bond motifs is 1. The van der Waals surface area contributed by atoms with E-state index >= 15 is 0 Å². The van der Waals surface area contributed by atoms with Crippen molar-refractivity contribution in [2.24, 2.45) is 0 Å². The van der Waals surface area contributed by atoms with Gasteiger partial charge >= 0.3 is 5.97 Å². The summed E-state index contributed by atoms with van der Waals surface area (Å²) in [6.07, 6.45) is 0. The Hall–Kier alpha value is -3.19. The second-order valence-corrected chi connectivity index (χ2v) is 9.10. The quantitative estimate of drug-likeness (QED) is 0.244. The third-order valence-corrected chi connectivity index (χ3v) is 6.82. The van der Waals surface area contributed by atoms with Crippen molar-refractivity contribution in [2.75, 3.05) is 0 Å². The number of carbonyl (C=O) groups excluding carboxylic acids is 1. The topological polar surface area (TPSA) is 57.0 Å². The number of pyridine rings is 1. The summed E-state index contributed by atoms with van der Waals surface area (Å²) in [6.45, 7) is 1.82. The van der Waals surface area contributed by atoms with E-state index in [0.717, 1.165) is 10.6 Å². The van der Waals surface area contributed by atoms with Gasteiger partial charge in [-0.1, -0.05) is 53.5 Å². The number of hydrogen-bond donors (Lipinski definition) is 0. The number of esters is 1. The van der Waals surface area contributed by atoms with E-state index in [4.69, 9.17) is 32.9 Å². The van der Waals surface area contributed by atoms with Gasteiger partial charge in [-0.2, -0.15) is 5.10 Å². The summed E-state index contributed by atoms with van der Waals surface area (Å²) < 4.78 is 7.41. The van der Waals surface area contributed by atoms with Crippen LogP contribution < -0.4 is 0 Å². The minimum Gasteiger partial charge on any atom is -0.457 e. The van der Waals surface area contributed by atoms with Crippen LogP contribution in [-0.2, 0) is 11.3 Å². The minimum atomic E-state index is -0.494. The Bertz CT molecular complexity index is 1440. The van der Waals surface area contributed by atoms with E-state index in [1.54, 1.807) is 40.3 Å². The summed E-state index contributed by atoms with van der Waals surface area (Å²) in [6, 6.07) is 20.5. The highest BCUT2D eigenvalue weighted by molar-refractivity contribution is 7.13. The van der Waals surface area contributed by atoms with Crippen molar-refractivity contribution >= 4 is 51.5 Å². The van der Waals surface area contributed by atoms with Crippen molar-refractivity contribution in [3.8, 4) is 16.3 Å². The smallest absolute Gasteiger partial charge is 0.339 e. The SMILES string of the molecule is Cc1nn(-c2ccccc2)c2nc(-c3cccs3)cc(C(=O)OCc3c(Cl)cccc3Cl)c12. The fourth-order valence-electron chi connectivity index (χ4n) is 3.64. The molecule has 33 heavy (non-hydrogen) atoms. The van der Waals surface area contributed by atoms with Crippen LogP contribution in [0.4, 0.5) is 0 Å². The molecular formula is C25H17Cl2N3O2S. The summed E-state index contributed by atoms with van der Waals surface area (Å²) >= 11 is 14.0. The van der Waals surface area contributed by atoms with Gasteiger partial charge in [0.25, 0.3) is 0 Å². The first kappa shape index (κ1) is 21.6. The van der Waals surface area contributed by atoms with Gasteiger partial charge in [-0.15, -0.1) is 11.3 Å². The number of thiophene rings is 1. The molecule has 0 aliphatic rings. The number of hydrogen-bond acceptors (Lipinski definition) is 5. The highest BCUT2D eigenvalue weighted by atomic mass is 35.5. The maximum absolute atomic E-state index is 13.3. The summed E-state index contributed by atoms with van der Waals surface area (Å²) in [5.74, 6) is -0.494. The molecule has 3 heterocycles. The van der Waals surface area contributed by atoms with Crippen LogP contribution in [-0.4, -0.2) is 20.7 Å². The van der Waals surface area contributed by atoms with Gasteiger partial charge in [0, 0.05) is 15.6 Å². The van der Waals surface area contributed by atoms with Gasteiger partial charge in [-0.3, -0.25) is 0 Å². The summed E-state index contributed by atoms with van der Waals surface area (Å²) in [5, 5.41) is 8.19. The number of rotatable bonds is 5. The number of halogens is 2. The van der Waals surface area contributed by atoms with Gasteiger partial charge in [-0.25, -0.2) is 14.5 Å². The van der Waals surface area contributed by atoms with E-state index in [1.165, 1.54) is 0 Å². The van der Waals surface area contributed by atoms with Crippen molar-refractivity contribution in [2.45, 2.75) is 13.5 Å². The first-order chi connectivity index (χ1) is 16.0. The zero-order valence-electron chi connectivity index (χ0n) is 17.5. The van der Waals surface area contributed by atoms with Gasteiger partial charge in [0.15, 0.2) is 5.65 Å². The molecule has 0 fully saturated rings. The van der Waals surface area contributed by atoms with Crippen LogP contribution in [0.1, 0.15) is 21.6 Å². The Morgan fingerprint density at radius 3 is 2.48 bits per heavy atom. The standard InChI is InChI=1S/C25H17Cl2N3O2S/c1-15-23-17(25(31)32-14-18-19(26)9-5-10-20(18)27)13-21(22-11-6-12-33-22)28-24(23)30(29-15)16-7-3-2-4-8-16/h2-13H,14H2,1H3. The molecule has 164 valence electrons. The molecule has 0 N–H and O–H groups in total. The largest absolute Gasteiger partial charge is 0.457 e. The molecule has 0 unspecified atom stereocenters. The molecule has 8 heteroatoms. The molecule has 0 amide bonds. The fourth-order valence-corrected chi connectivity index (χ4v) is 4.83. The normalized spacial score (nSPS) is 11.1. The number of aromatic nitrogens is 3. The molecule has 3 aromatic heterocycles. The molecule has 0 bridgehead atoms. The van der Waals surface area contributed by atoms with E-state index in [2.05, 4.69) is 5.10 Å². The lowest BCUT2D eigenvalue weighted by molar-refractivity contribution is 0.0475. The second kappa shape index (κ2) is 8.98. The Kier molecular flexibility index (Phi) is 5.89. The fraction of sp³-hybridized carbons (Fsp3) is 0.0800. The highest BCUT2D eigenvalue weighted by Gasteiger charge is 2.22. The van der Waals surface area contributed by atoms with Crippen molar-refractivity contribution in [3.63, 3.8) is 0 Å². The van der Waals surface area contributed by atoms with Crippen molar-refractivity contribution in [1.82, 2.24) is 14.8 Å². The van der Waals surface area contributed by atoms with Gasteiger partial charge in [-0.05, 0) is 48.7 Å². The summed E-state index contributed by atoms with van der Waals surface area (Å²) in [4.78, 5) is 19.1. The zero-order valence-corrected chi connectivity index (χ0v) is 19.8. The second-order valence-electron chi connectivity index (χ2n) is 7.34. The molecule has 2 aromatic carbocycles. The molecule has 5 rings (SSSR count). The third kappa shape index (κ3) is 4.13. The zero-order chi connectivity index (χ0) is 22.9. The first-order valence-electron chi connectivity index (χ1n) is 10.1. The van der Waals surface area contributed by atoms with Gasteiger partial charge in [0.1, 0.15) is 6.61 Å². The average molecular weight is 494 g/mol. The molecular weight excluding hydrogens is 477 g/mol. The Morgan fingerprint density at radius 1 is 1.03 bits per heavy atom. The molecule has 0 aliphatic heterocycles. The van der Waals surface area contributed by atoms with Crippen LogP contribution >= 0.6 is 34.5 Å². The molecule has 0 saturated heterocycles. The predicted octanol–water partition coefficient (Wildman–Crippen LogP) is 7.12. The Balaban J connectivity index is 1.63. The molecule has 0 aliphatic carbocycles. The molecule has 5 nitrogen and oxygen atoms in total. The van der Waals surface area contributed by atoms with Gasteiger partial charge in [0.05, 0.1) is 32.9 Å². The molecule has 0 radical (unpaired) electrons. The Morgan fingerprint density at radius 2 is 1.79 bits per heavy atom. The van der Waals surface area contributed by atoms with Crippen LogP contribution in [0.15, 0.2) is 72.1 Å². The average Bonchev–Trinajstić information content (AvgIpc) is 3.47. The minimum absolute atomic E-state index is 0.0403. The van der Waals surface area contributed by atoms with Crippen molar-refractivity contribution < 1.29 is 9.53 Å². The summed E-state index contributed by atoms with van der Waals surface area (Å²) in [7, 11) is 0. The van der Waals surface area contributed by atoms with E-state index in [1.807, 2.05) is 54.8 Å². The number of para-hydroxylation sites is 1. The van der Waals surface area contributed by atoms with E-state index in [-0.39, 0.29) is 6.61 Å². The van der Waals surface area contributed by atoms with Crippen LogP contribution in [0.25, 0.3) is 27.3 Å². The lowest BCUT2D eigenvalue weighted by Gasteiger charge is -2.10. The monoisotopic (exact) mass is 493 g/mol. The number of aryl methyl sites for hydroxylation is 1. The molecule has 0 atom stereocenters. The maximum atomic E-state index is 13.3. The van der Waals surface area contributed by atoms with E-state index in [9.17, 15) is 4.79 Å². The molecule has 5 aromatic rings. The number of benzene rings is 2. The van der Waals surface area contributed by atoms with Crippen molar-refractivity contribution in [1.29, 1.82) is 0 Å². The van der Waals surface area contributed by atoms with Gasteiger partial charge in [0.2, 0.25) is 0 Å². The van der Waals surface area contributed by atoms with Crippen molar-refractivity contribution in [3.05, 3.63) is 99.0 Å². The number of nitrogens with zero attached hydrogens (tertiary/aromatic N) is 3. The van der Waals surface area contributed by atoms with Gasteiger partial charge < -0.3 is 4.74 Å². The van der Waals surface area contributed by atoms with E-state index < -0.39 is 5.97 Å². The Labute approximate surface area is 204 Å². The van der Waals surface area contributed by atoms with Crippen LogP contribution in [0.5, 0.6) is 0 Å². The number of carbonyl (C=O) groups is 1. The van der Waals surface area contributed by atoms with Crippen LogP contribution in [0.2, 0.25) is 10.0 Å². The third-order valence-electron chi connectivity index (χ3n) is 5.22. The summed E-state index contributed by atoms with van der Waals surface area (Å²) in [5.41, 5.74) is 3.76. The lowest BCUT2D eigenvalue weighted by Crippen LogP contribution is -2.08. The number of ether oxygens (including phenoxy) is 1. The lowest BCUT2D eigenvalue weighted by atomic mass is 10.1. The predicted molar refractivity (Wildman–Crippen MR) is 132 cm³/mol. The molecule has 0 saturated carbocycles.